The second-order valence-electron chi connectivity index (χ2n) is 4.88. The highest BCUT2D eigenvalue weighted by molar-refractivity contribution is 7.10. The first-order valence-electron chi connectivity index (χ1n) is 6.61. The molecule has 2 rings (SSSR count). The molecule has 0 amide bonds. The van der Waals surface area contributed by atoms with Gasteiger partial charge >= 0.3 is 0 Å². The van der Waals surface area contributed by atoms with Gasteiger partial charge in [0.15, 0.2) is 0 Å². The Hall–Kier alpha value is -1.30. The van der Waals surface area contributed by atoms with E-state index in [4.69, 9.17) is 0 Å². The third kappa shape index (κ3) is 3.85. The molecular weight excluding hydrogens is 275 g/mol. The molecule has 2 atom stereocenters. The van der Waals surface area contributed by atoms with Crippen molar-refractivity contribution in [2.45, 2.75) is 25.5 Å². The van der Waals surface area contributed by atoms with Gasteiger partial charge in [-0.3, -0.25) is 9.88 Å². The molecule has 0 spiro atoms. The van der Waals surface area contributed by atoms with E-state index in [1.165, 1.54) is 17.0 Å². The summed E-state index contributed by atoms with van der Waals surface area (Å²) in [5.41, 5.74) is 0.517. The van der Waals surface area contributed by atoms with Gasteiger partial charge in [-0.05, 0) is 44.0 Å². The number of aromatic nitrogens is 1. The van der Waals surface area contributed by atoms with Crippen LogP contribution in [-0.2, 0) is 0 Å². The summed E-state index contributed by atoms with van der Waals surface area (Å²) in [6.45, 7) is 2.90. The van der Waals surface area contributed by atoms with E-state index in [9.17, 15) is 9.50 Å². The first-order valence-corrected chi connectivity index (χ1v) is 7.49. The van der Waals surface area contributed by atoms with Crippen LogP contribution in [0.15, 0.2) is 35.8 Å². The number of aliphatic hydroxyl groups is 1. The van der Waals surface area contributed by atoms with Crippen molar-refractivity contribution in [3.8, 4) is 0 Å². The molecule has 0 fully saturated rings. The quantitative estimate of drug-likeness (QED) is 0.887. The van der Waals surface area contributed by atoms with Gasteiger partial charge in [0.05, 0.1) is 18.0 Å². The Morgan fingerprint density at radius 2 is 2.20 bits per heavy atom. The van der Waals surface area contributed by atoms with Crippen molar-refractivity contribution in [3.63, 3.8) is 0 Å². The van der Waals surface area contributed by atoms with Crippen molar-refractivity contribution in [1.29, 1.82) is 0 Å². The van der Waals surface area contributed by atoms with E-state index >= 15 is 0 Å². The van der Waals surface area contributed by atoms with Crippen LogP contribution in [0.3, 0.4) is 0 Å². The van der Waals surface area contributed by atoms with Gasteiger partial charge in [0.1, 0.15) is 5.82 Å². The van der Waals surface area contributed by atoms with Crippen molar-refractivity contribution < 1.29 is 9.50 Å². The van der Waals surface area contributed by atoms with Gasteiger partial charge in [-0.2, -0.15) is 0 Å². The van der Waals surface area contributed by atoms with E-state index in [2.05, 4.69) is 28.3 Å². The molecule has 2 unspecified atom stereocenters. The van der Waals surface area contributed by atoms with Crippen LogP contribution in [0.4, 0.5) is 4.39 Å². The van der Waals surface area contributed by atoms with Crippen LogP contribution < -0.4 is 0 Å². The molecule has 3 nitrogen and oxygen atoms in total. The van der Waals surface area contributed by atoms with Crippen molar-refractivity contribution in [3.05, 3.63) is 52.2 Å². The Kier molecular flexibility index (Phi) is 5.23. The van der Waals surface area contributed by atoms with E-state index in [1.54, 1.807) is 11.3 Å². The van der Waals surface area contributed by atoms with Crippen LogP contribution in [0.25, 0.3) is 0 Å². The zero-order valence-electron chi connectivity index (χ0n) is 11.7. The van der Waals surface area contributed by atoms with Gasteiger partial charge in [-0.25, -0.2) is 4.39 Å². The van der Waals surface area contributed by atoms with Crippen molar-refractivity contribution in [2.24, 2.45) is 0 Å². The number of hydrogen-bond acceptors (Lipinski definition) is 4. The summed E-state index contributed by atoms with van der Waals surface area (Å²) in [7, 11) is 2.04. The van der Waals surface area contributed by atoms with E-state index in [0.717, 1.165) is 12.7 Å². The van der Waals surface area contributed by atoms with Crippen LogP contribution in [0, 0.1) is 5.82 Å². The number of hydrogen-bond donors (Lipinski definition) is 1. The maximum absolute atomic E-state index is 12.8. The molecule has 5 heteroatoms. The minimum Gasteiger partial charge on any atom is -0.387 e. The number of thiophene rings is 1. The van der Waals surface area contributed by atoms with E-state index in [0.29, 0.717) is 18.2 Å². The number of nitrogens with zero attached hydrogens (tertiary/aromatic N) is 2. The smallest absolute Gasteiger partial charge is 0.141 e. The number of halogens is 1. The van der Waals surface area contributed by atoms with E-state index < -0.39 is 6.10 Å². The Morgan fingerprint density at radius 3 is 2.80 bits per heavy atom. The highest BCUT2D eigenvalue weighted by Crippen LogP contribution is 2.24. The van der Waals surface area contributed by atoms with Gasteiger partial charge in [0, 0.05) is 17.5 Å². The fourth-order valence-electron chi connectivity index (χ4n) is 2.00. The average Bonchev–Trinajstić information content (AvgIpc) is 2.98. The van der Waals surface area contributed by atoms with Crippen LogP contribution in [0.5, 0.6) is 0 Å². The lowest BCUT2D eigenvalue weighted by atomic mass is 10.1. The molecule has 0 aliphatic rings. The number of rotatable bonds is 6. The fourth-order valence-corrected chi connectivity index (χ4v) is 2.85. The highest BCUT2D eigenvalue weighted by Gasteiger charge is 2.15. The highest BCUT2D eigenvalue weighted by atomic mass is 32.1. The molecule has 0 aromatic carbocycles. The molecule has 0 aliphatic heterocycles. The van der Waals surface area contributed by atoms with Gasteiger partial charge < -0.3 is 5.11 Å². The predicted octanol–water partition coefficient (Wildman–Crippen LogP) is 3.40. The minimum absolute atomic E-state index is 0.323. The maximum Gasteiger partial charge on any atom is 0.141 e. The van der Waals surface area contributed by atoms with E-state index in [-0.39, 0.29) is 5.82 Å². The van der Waals surface area contributed by atoms with Gasteiger partial charge in [-0.15, -0.1) is 11.3 Å². The molecular formula is C15H19FN2OS. The molecule has 108 valence electrons. The van der Waals surface area contributed by atoms with Gasteiger partial charge in [-0.1, -0.05) is 6.07 Å². The largest absolute Gasteiger partial charge is 0.387 e. The summed E-state index contributed by atoms with van der Waals surface area (Å²) in [6, 6.07) is 7.33. The zero-order valence-corrected chi connectivity index (χ0v) is 12.5. The van der Waals surface area contributed by atoms with Crippen LogP contribution in [0.1, 0.15) is 36.1 Å². The van der Waals surface area contributed by atoms with Gasteiger partial charge in [0.25, 0.3) is 0 Å². The Bertz CT molecular complexity index is 515. The number of pyridine rings is 1. The molecule has 2 aromatic rings. The fraction of sp³-hybridized carbons (Fsp3) is 0.400. The summed E-state index contributed by atoms with van der Waals surface area (Å²) in [5, 5.41) is 12.1. The van der Waals surface area contributed by atoms with Crippen molar-refractivity contribution in [1.82, 2.24) is 9.88 Å². The maximum atomic E-state index is 12.8. The summed E-state index contributed by atoms with van der Waals surface area (Å²) in [4.78, 5) is 7.41. The Balaban J connectivity index is 1.86. The van der Waals surface area contributed by atoms with Crippen molar-refractivity contribution >= 4 is 11.3 Å². The molecule has 20 heavy (non-hydrogen) atoms. The Labute approximate surface area is 122 Å². The van der Waals surface area contributed by atoms with Crippen LogP contribution in [0.2, 0.25) is 0 Å². The summed E-state index contributed by atoms with van der Waals surface area (Å²) in [5.74, 6) is -0.385. The lowest BCUT2D eigenvalue weighted by molar-refractivity contribution is 0.136. The number of aliphatic hydroxyl groups excluding tert-OH is 1. The lowest BCUT2D eigenvalue weighted by Crippen LogP contribution is -2.24. The molecule has 0 radical (unpaired) electrons. The molecule has 1 N–H and O–H groups in total. The molecule has 0 bridgehead atoms. The standard InChI is InChI=1S/C15H19FN2OS/c1-11(15-4-3-9-20-15)18(2)8-7-14(19)13-6-5-12(16)10-17-13/h3-6,9-11,14,19H,7-8H2,1-2H3. The second-order valence-corrected chi connectivity index (χ2v) is 5.86. The summed E-state index contributed by atoms with van der Waals surface area (Å²) in [6.07, 6.45) is 1.05. The molecule has 0 saturated heterocycles. The van der Waals surface area contributed by atoms with E-state index in [1.807, 2.05) is 13.1 Å². The zero-order chi connectivity index (χ0) is 14.5. The Morgan fingerprint density at radius 1 is 1.40 bits per heavy atom. The molecule has 0 aliphatic carbocycles. The monoisotopic (exact) mass is 294 g/mol. The molecule has 2 aromatic heterocycles. The predicted molar refractivity (Wildman–Crippen MR) is 79.1 cm³/mol. The first-order chi connectivity index (χ1) is 9.58. The lowest BCUT2D eigenvalue weighted by Gasteiger charge is -2.24. The van der Waals surface area contributed by atoms with Gasteiger partial charge in [0.2, 0.25) is 0 Å². The van der Waals surface area contributed by atoms with Crippen LogP contribution >= 0.6 is 11.3 Å². The molecule has 2 heterocycles. The summed E-state index contributed by atoms with van der Waals surface area (Å²) >= 11 is 1.73. The first kappa shape index (κ1) is 15.1. The minimum atomic E-state index is -0.659. The average molecular weight is 294 g/mol. The summed E-state index contributed by atoms with van der Waals surface area (Å²) < 4.78 is 12.8. The van der Waals surface area contributed by atoms with Crippen molar-refractivity contribution in [2.75, 3.05) is 13.6 Å². The topological polar surface area (TPSA) is 36.4 Å². The molecule has 0 saturated carbocycles. The second kappa shape index (κ2) is 6.92. The normalized spacial score (nSPS) is 14.4. The third-order valence-electron chi connectivity index (χ3n) is 3.46. The SMILES string of the molecule is CC(c1cccs1)N(C)CCC(O)c1ccc(F)cn1. The van der Waals surface area contributed by atoms with Crippen LogP contribution in [-0.4, -0.2) is 28.6 Å². The third-order valence-corrected chi connectivity index (χ3v) is 4.51.